The van der Waals surface area contributed by atoms with Crippen LogP contribution in [0.15, 0.2) is 96.2 Å². The van der Waals surface area contributed by atoms with E-state index in [1.807, 2.05) is 91.0 Å². The predicted octanol–water partition coefficient (Wildman–Crippen LogP) is 4.54. The number of rotatable bonds is 7. The van der Waals surface area contributed by atoms with Gasteiger partial charge >= 0.3 is 5.97 Å². The fraction of sp³-hybridized carbons (Fsp3) is 0.0800. The molecule has 0 fully saturated rings. The Balaban J connectivity index is 2.09. The van der Waals surface area contributed by atoms with Gasteiger partial charge < -0.3 is 15.7 Å². The fourth-order valence-electron chi connectivity index (χ4n) is 3.87. The van der Waals surface area contributed by atoms with Crippen LogP contribution in [0.2, 0.25) is 0 Å². The molecule has 0 aliphatic carbocycles. The molecule has 6 nitrogen and oxygen atoms in total. The van der Waals surface area contributed by atoms with Crippen LogP contribution in [-0.2, 0) is 15.0 Å². The van der Waals surface area contributed by atoms with Crippen LogP contribution in [0, 0.1) is 0 Å². The van der Waals surface area contributed by atoms with E-state index in [0.29, 0.717) is 5.01 Å². The summed E-state index contributed by atoms with van der Waals surface area (Å²) in [5.74, 6) is -1.26. The van der Waals surface area contributed by atoms with Gasteiger partial charge in [-0.25, -0.2) is 9.78 Å². The first kappa shape index (κ1) is 21.3. The molecule has 160 valence electrons. The third-order valence-electron chi connectivity index (χ3n) is 5.20. The summed E-state index contributed by atoms with van der Waals surface area (Å²) in [6.45, 7) is 0. The average molecular weight is 444 g/mol. The molecule has 3 N–H and O–H groups in total. The second-order valence-corrected chi connectivity index (χ2v) is 8.04. The average Bonchev–Trinajstić information content (AvgIpc) is 3.21. The molecule has 4 rings (SSSR count). The molecule has 0 amide bonds. The number of hydrogen-bond acceptors (Lipinski definition) is 6. The van der Waals surface area contributed by atoms with Crippen molar-refractivity contribution in [2.45, 2.75) is 5.41 Å². The number of carboxylic acid groups (broad SMARTS) is 1. The zero-order valence-electron chi connectivity index (χ0n) is 17.3. The minimum Gasteiger partial charge on any atom is -0.476 e. The quantitative estimate of drug-likeness (QED) is 0.248. The lowest BCUT2D eigenvalue weighted by molar-refractivity contribution is -0.129. The molecule has 0 bridgehead atoms. The van der Waals surface area contributed by atoms with Gasteiger partial charge in [-0.15, -0.1) is 0 Å². The van der Waals surface area contributed by atoms with Crippen LogP contribution >= 0.6 is 11.3 Å². The topological polar surface area (TPSA) is 97.8 Å². The highest BCUT2D eigenvalue weighted by Crippen LogP contribution is 2.47. The number of hydrogen-bond donors (Lipinski definition) is 2. The maximum absolute atomic E-state index is 11.8. The molecule has 3 aromatic carbocycles. The van der Waals surface area contributed by atoms with Gasteiger partial charge in [-0.2, -0.15) is 0 Å². The molecule has 0 radical (unpaired) electrons. The van der Waals surface area contributed by atoms with Gasteiger partial charge in [0, 0.05) is 0 Å². The van der Waals surface area contributed by atoms with Crippen LogP contribution in [0.1, 0.15) is 27.4 Å². The molecule has 0 aliphatic heterocycles. The second-order valence-electron chi connectivity index (χ2n) is 7.01. The van der Waals surface area contributed by atoms with Crippen molar-refractivity contribution < 1.29 is 14.7 Å². The minimum absolute atomic E-state index is 0.0894. The number of nitrogens with two attached hydrogens (primary N) is 1. The van der Waals surface area contributed by atoms with Gasteiger partial charge in [0.15, 0.2) is 0 Å². The lowest BCUT2D eigenvalue weighted by atomic mass is 9.70. The standard InChI is InChI=1S/C25H21N3O3S/c1-31-28-21(23(29)30)20-22(26)32-24(27-20)25(17-11-5-2-6-12-17,18-13-7-3-8-14-18)19-15-9-4-10-16-19/h2-16H,26H2,1H3,(H,29,30)/b28-21+. The molecule has 0 atom stereocenters. The third kappa shape index (κ3) is 3.63. The Hall–Kier alpha value is -3.97. The number of thiazole rings is 1. The molecular weight excluding hydrogens is 422 g/mol. The summed E-state index contributed by atoms with van der Waals surface area (Å²) < 4.78 is 0. The molecule has 1 heterocycles. The van der Waals surface area contributed by atoms with Crippen molar-refractivity contribution in [1.82, 2.24) is 4.98 Å². The van der Waals surface area contributed by atoms with Gasteiger partial charge in [-0.05, 0) is 16.7 Å². The van der Waals surface area contributed by atoms with E-state index >= 15 is 0 Å². The van der Waals surface area contributed by atoms with Crippen LogP contribution in [0.3, 0.4) is 0 Å². The first-order valence-electron chi connectivity index (χ1n) is 9.87. The molecule has 4 aromatic rings. The van der Waals surface area contributed by atoms with E-state index in [1.165, 1.54) is 18.4 Å². The van der Waals surface area contributed by atoms with Crippen molar-refractivity contribution in [3.8, 4) is 0 Å². The summed E-state index contributed by atoms with van der Waals surface area (Å²) in [6.07, 6.45) is 0. The van der Waals surface area contributed by atoms with Gasteiger partial charge in [0.2, 0.25) is 5.71 Å². The number of oxime groups is 1. The molecule has 1 aromatic heterocycles. The highest BCUT2D eigenvalue weighted by molar-refractivity contribution is 7.16. The number of aromatic nitrogens is 1. The zero-order chi connectivity index (χ0) is 22.6. The maximum Gasteiger partial charge on any atom is 0.360 e. The maximum atomic E-state index is 11.8. The molecule has 0 saturated carbocycles. The summed E-state index contributed by atoms with van der Waals surface area (Å²) in [7, 11) is 1.29. The number of benzene rings is 3. The summed E-state index contributed by atoms with van der Waals surface area (Å²) in [6, 6.07) is 30.0. The summed E-state index contributed by atoms with van der Waals surface area (Å²) in [4.78, 5) is 21.3. The Kier molecular flexibility index (Phi) is 6.00. The molecule has 0 saturated heterocycles. The molecular formula is C25H21N3O3S. The van der Waals surface area contributed by atoms with E-state index in [9.17, 15) is 9.90 Å². The fourth-order valence-corrected chi connectivity index (χ4v) is 4.96. The van der Waals surface area contributed by atoms with Gasteiger partial charge in [-0.3, -0.25) is 0 Å². The van der Waals surface area contributed by atoms with Crippen LogP contribution in [-0.4, -0.2) is 28.9 Å². The lowest BCUT2D eigenvalue weighted by Crippen LogP contribution is -2.31. The third-order valence-corrected chi connectivity index (χ3v) is 6.21. The van der Waals surface area contributed by atoms with Gasteiger partial charge in [0.1, 0.15) is 22.8 Å². The number of nitrogens with zero attached hydrogens (tertiary/aromatic N) is 2. The van der Waals surface area contributed by atoms with Crippen LogP contribution in [0.25, 0.3) is 0 Å². The first-order valence-corrected chi connectivity index (χ1v) is 10.7. The number of aliphatic carboxylic acids is 1. The number of nitrogen functional groups attached to an aromatic ring is 1. The highest BCUT2D eigenvalue weighted by atomic mass is 32.1. The van der Waals surface area contributed by atoms with Crippen LogP contribution < -0.4 is 5.73 Å². The Bertz CT molecular complexity index is 1140. The van der Waals surface area contributed by atoms with Crippen molar-refractivity contribution in [1.29, 1.82) is 0 Å². The molecule has 32 heavy (non-hydrogen) atoms. The molecule has 0 unspecified atom stereocenters. The van der Waals surface area contributed by atoms with Gasteiger partial charge in [0.25, 0.3) is 0 Å². The van der Waals surface area contributed by atoms with Gasteiger partial charge in [0.05, 0.1) is 5.41 Å². The molecule has 0 spiro atoms. The number of carboxylic acids is 1. The first-order chi connectivity index (χ1) is 15.6. The Labute approximate surface area is 189 Å². The van der Waals surface area contributed by atoms with E-state index in [0.717, 1.165) is 16.7 Å². The normalized spacial score (nSPS) is 11.8. The predicted molar refractivity (Wildman–Crippen MR) is 126 cm³/mol. The monoisotopic (exact) mass is 443 g/mol. The molecule has 0 aliphatic rings. The van der Waals surface area contributed by atoms with Crippen molar-refractivity contribution in [2.24, 2.45) is 5.16 Å². The number of carbonyl (C=O) groups is 1. The van der Waals surface area contributed by atoms with Crippen molar-refractivity contribution >= 4 is 28.0 Å². The van der Waals surface area contributed by atoms with E-state index in [2.05, 4.69) is 5.16 Å². The lowest BCUT2D eigenvalue weighted by Gasteiger charge is -2.34. The van der Waals surface area contributed by atoms with Gasteiger partial charge in [-0.1, -0.05) is 107 Å². The van der Waals surface area contributed by atoms with E-state index in [-0.39, 0.29) is 16.4 Å². The van der Waals surface area contributed by atoms with Crippen molar-refractivity contribution in [3.63, 3.8) is 0 Å². The SMILES string of the molecule is CO/N=C(/C(=O)O)c1nc(C(c2ccccc2)(c2ccccc2)c2ccccc2)sc1N. The number of anilines is 1. The zero-order valence-corrected chi connectivity index (χ0v) is 18.1. The van der Waals surface area contributed by atoms with E-state index in [4.69, 9.17) is 15.6 Å². The van der Waals surface area contributed by atoms with E-state index < -0.39 is 11.4 Å². The Morgan fingerprint density at radius 3 is 1.72 bits per heavy atom. The van der Waals surface area contributed by atoms with Crippen LogP contribution in [0.5, 0.6) is 0 Å². The van der Waals surface area contributed by atoms with Crippen molar-refractivity contribution in [2.75, 3.05) is 12.8 Å². The Morgan fingerprint density at radius 2 is 1.34 bits per heavy atom. The molecule has 7 heteroatoms. The van der Waals surface area contributed by atoms with Crippen molar-refractivity contribution in [3.05, 3.63) is 118 Å². The van der Waals surface area contributed by atoms with Crippen LogP contribution in [0.4, 0.5) is 5.00 Å². The summed E-state index contributed by atoms with van der Waals surface area (Å²) >= 11 is 1.24. The largest absolute Gasteiger partial charge is 0.476 e. The van der Waals surface area contributed by atoms with E-state index in [1.54, 1.807) is 0 Å². The smallest absolute Gasteiger partial charge is 0.360 e. The summed E-state index contributed by atoms with van der Waals surface area (Å²) in [5.41, 5.74) is 8.19. The Morgan fingerprint density at radius 1 is 0.906 bits per heavy atom. The minimum atomic E-state index is -1.26. The highest BCUT2D eigenvalue weighted by Gasteiger charge is 2.42. The second kappa shape index (κ2) is 9.03. The summed E-state index contributed by atoms with van der Waals surface area (Å²) in [5, 5.41) is 14.2.